The van der Waals surface area contributed by atoms with Gasteiger partial charge >= 0.3 is 0 Å². The topological polar surface area (TPSA) is 141 Å². The monoisotopic (exact) mass is 544 g/mol. The van der Waals surface area contributed by atoms with Crippen molar-refractivity contribution in [2.45, 2.75) is 32.5 Å². The third-order valence-corrected chi connectivity index (χ3v) is 5.33. The van der Waals surface area contributed by atoms with E-state index in [2.05, 4.69) is 20.7 Å². The quantitative estimate of drug-likeness (QED) is 0.170. The number of carbonyl (C=O) groups excluding carboxylic acids is 1. The fourth-order valence-corrected chi connectivity index (χ4v) is 3.59. The number of pyridine rings is 2. The third-order valence-electron chi connectivity index (χ3n) is 5.11. The summed E-state index contributed by atoms with van der Waals surface area (Å²) in [5.74, 6) is 0.475. The van der Waals surface area contributed by atoms with E-state index in [1.807, 2.05) is 12.1 Å². The number of imidazole rings is 1. The van der Waals surface area contributed by atoms with Gasteiger partial charge in [-0.1, -0.05) is 23.7 Å². The predicted molar refractivity (Wildman–Crippen MR) is 141 cm³/mol. The molecule has 9 nitrogen and oxygen atoms in total. The smallest absolute Gasteiger partial charge is 0.264 e. The molecule has 0 saturated carbocycles. The molecule has 0 spiro atoms. The Labute approximate surface area is 222 Å². The average molecular weight is 545 g/mol. The molecule has 3 heterocycles. The Kier molecular flexibility index (Phi) is 9.45. The summed E-state index contributed by atoms with van der Waals surface area (Å²) in [6.07, 6.45) is 2.28. The lowest BCUT2D eigenvalue weighted by atomic mass is 10.0. The molecule has 0 unspecified atom stereocenters. The van der Waals surface area contributed by atoms with Gasteiger partial charge in [-0.3, -0.25) is 9.20 Å². The first-order valence-electron chi connectivity index (χ1n) is 11.3. The summed E-state index contributed by atoms with van der Waals surface area (Å²) in [4.78, 5) is 21.3. The number of hydrogen-bond donors (Lipinski definition) is 3. The van der Waals surface area contributed by atoms with E-state index in [0.717, 1.165) is 5.56 Å². The number of nitrogens with zero attached hydrogens (tertiary/aromatic N) is 4. The summed E-state index contributed by atoms with van der Waals surface area (Å²) in [5.41, 5.74) is 11.9. The highest BCUT2D eigenvalue weighted by molar-refractivity contribution is 6.30. The summed E-state index contributed by atoms with van der Waals surface area (Å²) in [5, 5.41) is 10.3. The Bertz CT molecular complexity index is 1420. The highest BCUT2D eigenvalue weighted by atomic mass is 35.5. The van der Waals surface area contributed by atoms with E-state index in [4.69, 9.17) is 26.9 Å². The third kappa shape index (κ3) is 7.54. The lowest BCUT2D eigenvalue weighted by Crippen LogP contribution is -2.25. The number of ether oxygens (including phenoxy) is 1. The molecule has 0 aliphatic heterocycles. The molecule has 1 amide bonds. The molecule has 5 N–H and O–H groups in total. The van der Waals surface area contributed by atoms with Gasteiger partial charge in [0.1, 0.15) is 11.5 Å². The van der Waals surface area contributed by atoms with Crippen molar-refractivity contribution in [3.63, 3.8) is 0 Å². The molecule has 3 aromatic heterocycles. The summed E-state index contributed by atoms with van der Waals surface area (Å²) < 4.78 is 35.0. The van der Waals surface area contributed by atoms with Crippen LogP contribution < -0.4 is 11.5 Å². The zero-order chi connectivity index (χ0) is 27.9. The van der Waals surface area contributed by atoms with Gasteiger partial charge in [-0.2, -0.15) is 0 Å². The average Bonchev–Trinajstić information content (AvgIpc) is 3.28. The Balaban J connectivity index is 0.00000127. The van der Waals surface area contributed by atoms with Gasteiger partial charge in [0.25, 0.3) is 6.43 Å². The van der Waals surface area contributed by atoms with Crippen LogP contribution in [0.4, 0.5) is 14.6 Å². The van der Waals surface area contributed by atoms with Gasteiger partial charge in [-0.25, -0.2) is 23.7 Å². The highest BCUT2D eigenvalue weighted by Crippen LogP contribution is 2.33. The second kappa shape index (κ2) is 12.5. The van der Waals surface area contributed by atoms with Gasteiger partial charge in [-0.15, -0.1) is 0 Å². The number of aliphatic imine (C=N–C) groups is 1. The van der Waals surface area contributed by atoms with Crippen LogP contribution in [0.5, 0.6) is 0 Å². The fourth-order valence-electron chi connectivity index (χ4n) is 3.48. The lowest BCUT2D eigenvalue weighted by Gasteiger charge is -2.17. The van der Waals surface area contributed by atoms with Crippen molar-refractivity contribution in [1.29, 1.82) is 0 Å². The molecule has 0 saturated heterocycles. The SMILES string of the molecule is CC(C)(O)COCc1ccn2c(-c3cc(C(N)=Nc4ccc(Cl)cn4)ccc3C(F)F)cnc2c1.NC=O. The molecule has 200 valence electrons. The predicted octanol–water partition coefficient (Wildman–Crippen LogP) is 4.41. The van der Waals surface area contributed by atoms with E-state index >= 15 is 0 Å². The molecule has 38 heavy (non-hydrogen) atoms. The fraction of sp³-hybridized carbons (Fsp3) is 0.231. The Morgan fingerprint density at radius 1 is 1.21 bits per heavy atom. The van der Waals surface area contributed by atoms with Gasteiger partial charge in [0.05, 0.1) is 35.7 Å². The molecular weight excluding hydrogens is 518 g/mol. The number of benzene rings is 1. The van der Waals surface area contributed by atoms with Crippen LogP contribution >= 0.6 is 11.6 Å². The molecule has 0 bridgehead atoms. The van der Waals surface area contributed by atoms with Crippen molar-refractivity contribution in [3.8, 4) is 11.3 Å². The number of amidine groups is 1. The summed E-state index contributed by atoms with van der Waals surface area (Å²) in [6, 6.07) is 11.3. The molecule has 0 aliphatic rings. The molecule has 12 heteroatoms. The Hall–Kier alpha value is -3.93. The minimum Gasteiger partial charge on any atom is -0.388 e. The number of fused-ring (bicyclic) bond motifs is 1. The van der Waals surface area contributed by atoms with Gasteiger partial charge in [0.15, 0.2) is 5.82 Å². The number of alkyl halides is 2. The largest absolute Gasteiger partial charge is 0.388 e. The van der Waals surface area contributed by atoms with Crippen molar-refractivity contribution < 1.29 is 23.4 Å². The number of aliphatic hydroxyl groups is 1. The van der Waals surface area contributed by atoms with Crippen molar-refractivity contribution in [2.75, 3.05) is 6.61 Å². The van der Waals surface area contributed by atoms with Gasteiger partial charge < -0.3 is 21.3 Å². The first kappa shape index (κ1) is 28.6. The molecule has 1 aromatic carbocycles. The second-order valence-corrected chi connectivity index (χ2v) is 9.22. The number of aromatic nitrogens is 3. The van der Waals surface area contributed by atoms with Crippen LogP contribution in [-0.2, 0) is 16.1 Å². The minimum absolute atomic E-state index is 0.127. The van der Waals surface area contributed by atoms with Crippen molar-refractivity contribution in [2.24, 2.45) is 16.5 Å². The van der Waals surface area contributed by atoms with Crippen LogP contribution in [0.2, 0.25) is 5.02 Å². The number of amides is 1. The molecule has 4 rings (SSSR count). The number of nitrogens with two attached hydrogens (primary N) is 2. The maximum absolute atomic E-state index is 13.9. The molecule has 0 fully saturated rings. The summed E-state index contributed by atoms with van der Waals surface area (Å²) >= 11 is 5.85. The van der Waals surface area contributed by atoms with Crippen LogP contribution in [0.15, 0.2) is 66.0 Å². The van der Waals surface area contributed by atoms with Gasteiger partial charge in [-0.05, 0) is 49.7 Å². The number of hydrogen-bond acceptors (Lipinski definition) is 6. The normalized spacial score (nSPS) is 11.9. The zero-order valence-corrected chi connectivity index (χ0v) is 21.4. The van der Waals surface area contributed by atoms with Gasteiger partial charge in [0.2, 0.25) is 6.41 Å². The minimum atomic E-state index is -2.70. The van der Waals surface area contributed by atoms with Crippen molar-refractivity contribution in [3.05, 3.63) is 82.8 Å². The Morgan fingerprint density at radius 2 is 1.95 bits per heavy atom. The van der Waals surface area contributed by atoms with Crippen LogP contribution in [0.25, 0.3) is 16.9 Å². The molecule has 0 radical (unpaired) electrons. The van der Waals surface area contributed by atoms with E-state index in [1.165, 1.54) is 24.5 Å². The van der Waals surface area contributed by atoms with Gasteiger partial charge in [0, 0.05) is 29.1 Å². The lowest BCUT2D eigenvalue weighted by molar-refractivity contribution is -0.106. The number of rotatable bonds is 8. The Morgan fingerprint density at radius 3 is 2.58 bits per heavy atom. The summed E-state index contributed by atoms with van der Waals surface area (Å²) in [6.45, 7) is 3.79. The first-order chi connectivity index (χ1) is 18.0. The maximum Gasteiger partial charge on any atom is 0.264 e. The van der Waals surface area contributed by atoms with E-state index in [1.54, 1.807) is 42.6 Å². The van der Waals surface area contributed by atoms with Crippen LogP contribution in [0.1, 0.15) is 37.0 Å². The van der Waals surface area contributed by atoms with E-state index in [-0.39, 0.29) is 31.0 Å². The number of primary amides is 1. The maximum atomic E-state index is 13.9. The molecule has 4 aromatic rings. The van der Waals surface area contributed by atoms with E-state index in [9.17, 15) is 13.9 Å². The zero-order valence-electron chi connectivity index (χ0n) is 20.7. The van der Waals surface area contributed by atoms with E-state index < -0.39 is 12.0 Å². The second-order valence-electron chi connectivity index (χ2n) is 8.78. The first-order valence-corrected chi connectivity index (χ1v) is 11.7. The highest BCUT2D eigenvalue weighted by Gasteiger charge is 2.19. The molecule has 0 aliphatic carbocycles. The molecular formula is C26H27ClF2N6O3. The van der Waals surface area contributed by atoms with Crippen LogP contribution in [0, 0.1) is 0 Å². The number of halogens is 3. The van der Waals surface area contributed by atoms with Crippen LogP contribution in [-0.4, -0.2) is 43.9 Å². The van der Waals surface area contributed by atoms with Crippen molar-refractivity contribution in [1.82, 2.24) is 14.4 Å². The van der Waals surface area contributed by atoms with Crippen LogP contribution in [0.3, 0.4) is 0 Å². The standard InChI is InChI=1S/C25H24ClF2N5O2.CH3NO/c1-25(2,34)14-35-13-15-7-8-33-20(12-31-22(33)9-15)19-10-16(3-5-18(19)23(27)28)24(29)32-21-6-4-17(26)11-30-21;2-1-3/h3-12,23,34H,13-14H2,1-2H3,(H2,29,30,32);1H,(H2,2,3). The van der Waals surface area contributed by atoms with Crippen molar-refractivity contribution >= 4 is 35.3 Å². The van der Waals surface area contributed by atoms with E-state index in [0.29, 0.717) is 33.3 Å². The molecule has 0 atom stereocenters. The number of carbonyl (C=O) groups is 1. The summed E-state index contributed by atoms with van der Waals surface area (Å²) in [7, 11) is 0.